The van der Waals surface area contributed by atoms with Gasteiger partial charge in [-0.05, 0) is 6.42 Å². The standard InChI is InChI=1S/C8H18O2.C6H10O3/c1-2-3-4-5-6-8(10)7-9;1(5-3-8-5)7-2-6-4-9-6/h8-10H,2-7H2,1H3;5-6H,1-4H2. The third-order valence-electron chi connectivity index (χ3n) is 3.01. The van der Waals surface area contributed by atoms with Crippen molar-refractivity contribution in [2.24, 2.45) is 0 Å². The maximum atomic E-state index is 8.91. The fourth-order valence-electron chi connectivity index (χ4n) is 1.56. The van der Waals surface area contributed by atoms with Crippen molar-refractivity contribution in [3.8, 4) is 0 Å². The first-order valence-electron chi connectivity index (χ1n) is 7.36. The molecule has 0 radical (unpaired) electrons. The van der Waals surface area contributed by atoms with Gasteiger partial charge in [0, 0.05) is 0 Å². The van der Waals surface area contributed by atoms with Crippen LogP contribution in [0.25, 0.3) is 0 Å². The van der Waals surface area contributed by atoms with Crippen molar-refractivity contribution in [1.82, 2.24) is 0 Å². The van der Waals surface area contributed by atoms with E-state index in [1.54, 1.807) is 0 Å². The molecular weight excluding hydrogens is 248 g/mol. The lowest BCUT2D eigenvalue weighted by atomic mass is 10.1. The van der Waals surface area contributed by atoms with Gasteiger partial charge in [0.15, 0.2) is 0 Å². The molecule has 2 aliphatic rings. The van der Waals surface area contributed by atoms with Gasteiger partial charge in [0.2, 0.25) is 0 Å². The summed E-state index contributed by atoms with van der Waals surface area (Å²) in [6.45, 7) is 5.32. The molecular formula is C14H28O5. The molecule has 0 saturated carbocycles. The van der Waals surface area contributed by atoms with Crippen molar-refractivity contribution < 1.29 is 24.4 Å². The van der Waals surface area contributed by atoms with Crippen LogP contribution in [-0.4, -0.2) is 61.6 Å². The zero-order valence-electron chi connectivity index (χ0n) is 11.9. The van der Waals surface area contributed by atoms with Gasteiger partial charge in [0.1, 0.15) is 12.2 Å². The van der Waals surface area contributed by atoms with Crippen LogP contribution in [-0.2, 0) is 14.2 Å². The lowest BCUT2D eigenvalue weighted by molar-refractivity contribution is 0.0860. The molecule has 3 unspecified atom stereocenters. The monoisotopic (exact) mass is 276 g/mol. The van der Waals surface area contributed by atoms with Crippen molar-refractivity contribution in [2.75, 3.05) is 33.0 Å². The Balaban J connectivity index is 0.000000190. The van der Waals surface area contributed by atoms with Crippen molar-refractivity contribution in [2.45, 2.75) is 57.3 Å². The van der Waals surface area contributed by atoms with Gasteiger partial charge in [0.25, 0.3) is 0 Å². The normalized spacial score (nSPS) is 25.4. The fraction of sp³-hybridized carbons (Fsp3) is 1.00. The van der Waals surface area contributed by atoms with E-state index in [0.717, 1.165) is 39.3 Å². The minimum atomic E-state index is -0.489. The van der Waals surface area contributed by atoms with Crippen LogP contribution in [0.2, 0.25) is 0 Å². The van der Waals surface area contributed by atoms with E-state index in [0.29, 0.717) is 12.2 Å². The molecule has 3 atom stereocenters. The van der Waals surface area contributed by atoms with E-state index in [9.17, 15) is 0 Å². The summed E-state index contributed by atoms with van der Waals surface area (Å²) in [5.41, 5.74) is 0. The molecule has 5 heteroatoms. The quantitative estimate of drug-likeness (QED) is 0.462. The number of rotatable bonds is 10. The van der Waals surface area contributed by atoms with Crippen LogP contribution in [0, 0.1) is 0 Å². The zero-order valence-corrected chi connectivity index (χ0v) is 11.9. The molecule has 0 aromatic carbocycles. The van der Waals surface area contributed by atoms with Gasteiger partial charge in [0.05, 0.1) is 39.1 Å². The van der Waals surface area contributed by atoms with Crippen LogP contribution in [0.3, 0.4) is 0 Å². The molecule has 0 bridgehead atoms. The molecule has 0 amide bonds. The highest BCUT2D eigenvalue weighted by Gasteiger charge is 2.26. The molecule has 2 saturated heterocycles. The molecule has 114 valence electrons. The Morgan fingerprint density at radius 1 is 1.11 bits per heavy atom. The van der Waals surface area contributed by atoms with Gasteiger partial charge in [-0.25, -0.2) is 0 Å². The Morgan fingerprint density at radius 2 is 1.68 bits per heavy atom. The first-order valence-corrected chi connectivity index (χ1v) is 7.36. The van der Waals surface area contributed by atoms with E-state index in [1.165, 1.54) is 19.3 Å². The molecule has 2 fully saturated rings. The van der Waals surface area contributed by atoms with E-state index in [2.05, 4.69) is 6.92 Å². The third kappa shape index (κ3) is 11.3. The molecule has 5 nitrogen and oxygen atoms in total. The highest BCUT2D eigenvalue weighted by molar-refractivity contribution is 4.71. The predicted octanol–water partition coefficient (Wildman–Crippen LogP) is 1.11. The summed E-state index contributed by atoms with van der Waals surface area (Å²) in [6, 6.07) is 0. The summed E-state index contributed by atoms with van der Waals surface area (Å²) in [5, 5.41) is 17.3. The van der Waals surface area contributed by atoms with Crippen molar-refractivity contribution in [1.29, 1.82) is 0 Å². The number of ether oxygens (including phenoxy) is 3. The maximum absolute atomic E-state index is 8.91. The van der Waals surface area contributed by atoms with E-state index in [1.807, 2.05) is 0 Å². The van der Waals surface area contributed by atoms with E-state index in [-0.39, 0.29) is 6.61 Å². The second kappa shape index (κ2) is 10.6. The molecule has 2 rings (SSSR count). The Hall–Kier alpha value is -0.200. The molecule has 2 heterocycles. The summed E-state index contributed by atoms with van der Waals surface area (Å²) in [5.74, 6) is 0. The van der Waals surface area contributed by atoms with Gasteiger partial charge in [-0.2, -0.15) is 0 Å². The number of aliphatic hydroxyl groups is 2. The molecule has 0 aliphatic carbocycles. The largest absolute Gasteiger partial charge is 0.394 e. The maximum Gasteiger partial charge on any atom is 0.104 e. The number of aliphatic hydroxyl groups excluding tert-OH is 2. The van der Waals surface area contributed by atoms with Crippen LogP contribution in [0.5, 0.6) is 0 Å². The second-order valence-electron chi connectivity index (χ2n) is 5.13. The van der Waals surface area contributed by atoms with Crippen molar-refractivity contribution >= 4 is 0 Å². The number of hydrogen-bond acceptors (Lipinski definition) is 5. The second-order valence-corrected chi connectivity index (χ2v) is 5.13. The number of epoxide rings is 2. The Morgan fingerprint density at radius 3 is 2.11 bits per heavy atom. The van der Waals surface area contributed by atoms with Crippen molar-refractivity contribution in [3.05, 3.63) is 0 Å². The SMILES string of the molecule is C(OCC1CO1)C1CO1.CCCCCCC(O)CO. The van der Waals surface area contributed by atoms with Crippen LogP contribution < -0.4 is 0 Å². The topological polar surface area (TPSA) is 74.8 Å². The van der Waals surface area contributed by atoms with Crippen LogP contribution in [0.4, 0.5) is 0 Å². The van der Waals surface area contributed by atoms with Gasteiger partial charge in [-0.15, -0.1) is 0 Å². The van der Waals surface area contributed by atoms with Crippen LogP contribution in [0.1, 0.15) is 39.0 Å². The first-order chi connectivity index (χ1) is 9.26. The summed E-state index contributed by atoms with van der Waals surface area (Å²) >= 11 is 0. The van der Waals surface area contributed by atoms with E-state index < -0.39 is 6.10 Å². The lowest BCUT2D eigenvalue weighted by Gasteiger charge is -2.04. The molecule has 0 spiro atoms. The van der Waals surface area contributed by atoms with Gasteiger partial charge in [-0.1, -0.05) is 32.6 Å². The molecule has 0 aromatic heterocycles. The molecule has 19 heavy (non-hydrogen) atoms. The Bertz CT molecular complexity index is 192. The predicted molar refractivity (Wildman–Crippen MR) is 72.2 cm³/mol. The number of hydrogen-bond donors (Lipinski definition) is 2. The number of unbranched alkanes of at least 4 members (excludes halogenated alkanes) is 3. The molecule has 0 aromatic rings. The lowest BCUT2D eigenvalue weighted by Crippen LogP contribution is -2.10. The zero-order chi connectivity index (χ0) is 13.9. The average Bonchev–Trinajstić information content (AvgIpc) is 3.29. The van der Waals surface area contributed by atoms with Crippen LogP contribution >= 0.6 is 0 Å². The summed E-state index contributed by atoms with van der Waals surface area (Å²) in [7, 11) is 0. The van der Waals surface area contributed by atoms with Gasteiger partial charge >= 0.3 is 0 Å². The van der Waals surface area contributed by atoms with E-state index >= 15 is 0 Å². The van der Waals surface area contributed by atoms with Crippen molar-refractivity contribution in [3.63, 3.8) is 0 Å². The van der Waals surface area contributed by atoms with Gasteiger partial charge < -0.3 is 24.4 Å². The average molecular weight is 276 g/mol. The highest BCUT2D eigenvalue weighted by atomic mass is 16.6. The first kappa shape index (κ1) is 16.9. The van der Waals surface area contributed by atoms with E-state index in [4.69, 9.17) is 24.4 Å². The summed E-state index contributed by atoms with van der Waals surface area (Å²) in [6.07, 6.45) is 5.71. The minimum Gasteiger partial charge on any atom is -0.394 e. The third-order valence-corrected chi connectivity index (χ3v) is 3.01. The smallest absolute Gasteiger partial charge is 0.104 e. The Labute approximate surface area is 115 Å². The molecule has 2 aliphatic heterocycles. The highest BCUT2D eigenvalue weighted by Crippen LogP contribution is 2.12. The van der Waals surface area contributed by atoms with Gasteiger partial charge in [-0.3, -0.25) is 0 Å². The summed E-state index contributed by atoms with van der Waals surface area (Å²) < 4.78 is 15.1. The molecule has 2 N–H and O–H groups in total. The van der Waals surface area contributed by atoms with Crippen LogP contribution in [0.15, 0.2) is 0 Å². The fourth-order valence-corrected chi connectivity index (χ4v) is 1.56. The Kier molecular flexibility index (Phi) is 9.38. The minimum absolute atomic E-state index is 0.0911. The summed E-state index contributed by atoms with van der Waals surface area (Å²) in [4.78, 5) is 0.